The zero-order valence-corrected chi connectivity index (χ0v) is 12.5. The third-order valence-corrected chi connectivity index (χ3v) is 4.81. The van der Waals surface area contributed by atoms with Crippen LogP contribution in [0.3, 0.4) is 0 Å². The lowest BCUT2D eigenvalue weighted by Crippen LogP contribution is -2.44. The van der Waals surface area contributed by atoms with Gasteiger partial charge < -0.3 is 15.3 Å². The molecule has 0 aromatic carbocycles. The lowest BCUT2D eigenvalue weighted by atomic mass is 10.2. The molecule has 2 rings (SSSR count). The monoisotopic (exact) mass is 332 g/mol. The Balaban J connectivity index is 1.74. The van der Waals surface area contributed by atoms with E-state index in [1.54, 1.807) is 16.2 Å². The second-order valence-electron chi connectivity index (χ2n) is 4.36. The van der Waals surface area contributed by atoms with E-state index in [2.05, 4.69) is 27.3 Å². The van der Waals surface area contributed by atoms with Gasteiger partial charge in [0.2, 0.25) is 0 Å². The van der Waals surface area contributed by atoms with Crippen LogP contribution in [0.1, 0.15) is 17.7 Å². The second-order valence-corrected chi connectivity index (χ2v) is 6.91. The van der Waals surface area contributed by atoms with Gasteiger partial charge in [0.1, 0.15) is 0 Å². The maximum atomic E-state index is 11.9. The Labute approximate surface area is 119 Å². The third kappa shape index (κ3) is 3.46. The fourth-order valence-corrected chi connectivity index (χ4v) is 3.66. The van der Waals surface area contributed by atoms with Gasteiger partial charge in [0, 0.05) is 18.0 Å². The molecule has 0 aliphatic carbocycles. The van der Waals surface area contributed by atoms with Crippen molar-refractivity contribution in [1.82, 2.24) is 10.2 Å². The maximum absolute atomic E-state index is 11.9. The van der Waals surface area contributed by atoms with Gasteiger partial charge in [-0.2, -0.15) is 0 Å². The van der Waals surface area contributed by atoms with Crippen LogP contribution in [0.2, 0.25) is 0 Å². The average Bonchev–Trinajstić information content (AvgIpc) is 2.97. The molecule has 2 N–H and O–H groups in total. The van der Waals surface area contributed by atoms with Crippen LogP contribution in [0.25, 0.3) is 0 Å². The minimum atomic E-state index is -0.0535. The van der Waals surface area contributed by atoms with Gasteiger partial charge in [0.25, 0.3) is 0 Å². The van der Waals surface area contributed by atoms with Crippen LogP contribution < -0.4 is 5.32 Å². The molecule has 1 aliphatic rings. The SMILES string of the molecule is O=C(NCCc1ccc(Br)s1)N1CCCC1CO. The maximum Gasteiger partial charge on any atom is 0.317 e. The van der Waals surface area contributed by atoms with Gasteiger partial charge in [-0.25, -0.2) is 4.79 Å². The first-order chi connectivity index (χ1) is 8.70. The Morgan fingerprint density at radius 1 is 1.61 bits per heavy atom. The van der Waals surface area contributed by atoms with E-state index in [1.807, 2.05) is 6.07 Å². The lowest BCUT2D eigenvalue weighted by molar-refractivity contribution is 0.157. The van der Waals surface area contributed by atoms with E-state index in [0.29, 0.717) is 6.54 Å². The molecule has 4 nitrogen and oxygen atoms in total. The number of rotatable bonds is 4. The molecule has 1 saturated heterocycles. The van der Waals surface area contributed by atoms with E-state index in [9.17, 15) is 4.79 Å². The summed E-state index contributed by atoms with van der Waals surface area (Å²) < 4.78 is 1.11. The third-order valence-electron chi connectivity index (χ3n) is 3.13. The molecule has 2 heterocycles. The number of halogens is 1. The summed E-state index contributed by atoms with van der Waals surface area (Å²) in [6.45, 7) is 1.45. The molecule has 0 spiro atoms. The zero-order chi connectivity index (χ0) is 13.0. The first-order valence-electron chi connectivity index (χ1n) is 6.10. The number of hydrogen-bond donors (Lipinski definition) is 2. The summed E-state index contributed by atoms with van der Waals surface area (Å²) in [7, 11) is 0. The standard InChI is InChI=1S/C12H17BrN2O2S/c13-11-4-3-10(18-11)5-6-14-12(17)15-7-1-2-9(15)8-16/h3-4,9,16H,1-2,5-8H2,(H,14,17). The molecule has 0 radical (unpaired) electrons. The highest BCUT2D eigenvalue weighted by atomic mass is 79.9. The zero-order valence-electron chi connectivity index (χ0n) is 10.1. The molecule has 18 heavy (non-hydrogen) atoms. The van der Waals surface area contributed by atoms with Gasteiger partial charge in [-0.15, -0.1) is 11.3 Å². The van der Waals surface area contributed by atoms with Crippen molar-refractivity contribution in [3.63, 3.8) is 0 Å². The van der Waals surface area contributed by atoms with Crippen molar-refractivity contribution in [1.29, 1.82) is 0 Å². The Morgan fingerprint density at radius 3 is 3.11 bits per heavy atom. The normalized spacial score (nSPS) is 19.2. The number of urea groups is 1. The van der Waals surface area contributed by atoms with Gasteiger partial charge in [-0.1, -0.05) is 0 Å². The molecule has 1 aromatic heterocycles. The summed E-state index contributed by atoms with van der Waals surface area (Å²) >= 11 is 5.11. The number of aliphatic hydroxyl groups excluding tert-OH is 1. The number of nitrogens with one attached hydrogen (secondary N) is 1. The lowest BCUT2D eigenvalue weighted by Gasteiger charge is -2.23. The van der Waals surface area contributed by atoms with Crippen LogP contribution in [0, 0.1) is 0 Å². The van der Waals surface area contributed by atoms with Crippen LogP contribution in [-0.4, -0.2) is 41.8 Å². The number of carbonyl (C=O) groups is 1. The van der Waals surface area contributed by atoms with E-state index in [0.717, 1.165) is 29.6 Å². The van der Waals surface area contributed by atoms with Crippen LogP contribution in [0.5, 0.6) is 0 Å². The number of likely N-dealkylation sites (tertiary alicyclic amines) is 1. The first-order valence-corrected chi connectivity index (χ1v) is 7.71. The molecule has 1 aromatic rings. The number of nitrogens with zero attached hydrogens (tertiary/aromatic N) is 1. The van der Waals surface area contributed by atoms with Crippen LogP contribution >= 0.6 is 27.3 Å². The van der Waals surface area contributed by atoms with Crippen molar-refractivity contribution >= 4 is 33.3 Å². The number of thiophene rings is 1. The first kappa shape index (κ1) is 13.8. The fraction of sp³-hybridized carbons (Fsp3) is 0.583. The highest BCUT2D eigenvalue weighted by Gasteiger charge is 2.27. The van der Waals surface area contributed by atoms with Crippen molar-refractivity contribution in [2.45, 2.75) is 25.3 Å². The molecular formula is C12H17BrN2O2S. The molecule has 0 bridgehead atoms. The topological polar surface area (TPSA) is 52.6 Å². The number of carbonyl (C=O) groups excluding carboxylic acids is 1. The Morgan fingerprint density at radius 2 is 2.44 bits per heavy atom. The van der Waals surface area contributed by atoms with Crippen molar-refractivity contribution in [2.24, 2.45) is 0 Å². The Hall–Kier alpha value is -0.590. The summed E-state index contributed by atoms with van der Waals surface area (Å²) in [5.74, 6) is 0. The summed E-state index contributed by atoms with van der Waals surface area (Å²) in [6, 6.07) is 4.03. The molecule has 1 aliphatic heterocycles. The molecule has 6 heteroatoms. The van der Waals surface area contributed by atoms with E-state index < -0.39 is 0 Å². The van der Waals surface area contributed by atoms with Crippen molar-refractivity contribution in [2.75, 3.05) is 19.7 Å². The highest BCUT2D eigenvalue weighted by molar-refractivity contribution is 9.11. The van der Waals surface area contributed by atoms with Gasteiger partial charge >= 0.3 is 6.03 Å². The minimum Gasteiger partial charge on any atom is -0.394 e. The van der Waals surface area contributed by atoms with Crippen molar-refractivity contribution in [3.8, 4) is 0 Å². The van der Waals surface area contributed by atoms with E-state index in [-0.39, 0.29) is 18.7 Å². The summed E-state index contributed by atoms with van der Waals surface area (Å²) in [5, 5.41) is 12.1. The number of amides is 2. The Bertz CT molecular complexity index is 411. The number of aliphatic hydroxyl groups is 1. The van der Waals surface area contributed by atoms with Crippen molar-refractivity contribution in [3.05, 3.63) is 20.8 Å². The quantitative estimate of drug-likeness (QED) is 0.888. The van der Waals surface area contributed by atoms with Gasteiger partial charge in [-0.05, 0) is 47.3 Å². The Kier molecular flexibility index (Phi) is 5.03. The molecular weight excluding hydrogens is 316 g/mol. The fourth-order valence-electron chi connectivity index (χ4n) is 2.17. The molecule has 100 valence electrons. The van der Waals surface area contributed by atoms with Gasteiger partial charge in [0.05, 0.1) is 16.4 Å². The predicted molar refractivity (Wildman–Crippen MR) is 75.9 cm³/mol. The van der Waals surface area contributed by atoms with Crippen LogP contribution in [-0.2, 0) is 6.42 Å². The summed E-state index contributed by atoms with van der Waals surface area (Å²) in [5.41, 5.74) is 0. The minimum absolute atomic E-state index is 0.000817. The largest absolute Gasteiger partial charge is 0.394 e. The average molecular weight is 333 g/mol. The van der Waals surface area contributed by atoms with E-state index >= 15 is 0 Å². The van der Waals surface area contributed by atoms with E-state index in [1.165, 1.54) is 4.88 Å². The van der Waals surface area contributed by atoms with Crippen LogP contribution in [0.4, 0.5) is 4.79 Å². The van der Waals surface area contributed by atoms with Gasteiger partial charge in [0.15, 0.2) is 0 Å². The molecule has 0 saturated carbocycles. The molecule has 1 atom stereocenters. The van der Waals surface area contributed by atoms with E-state index in [4.69, 9.17) is 5.11 Å². The molecule has 2 amide bonds. The van der Waals surface area contributed by atoms with Crippen molar-refractivity contribution < 1.29 is 9.90 Å². The molecule has 1 unspecified atom stereocenters. The number of hydrogen-bond acceptors (Lipinski definition) is 3. The molecule has 1 fully saturated rings. The van der Waals surface area contributed by atoms with Gasteiger partial charge in [-0.3, -0.25) is 0 Å². The summed E-state index contributed by atoms with van der Waals surface area (Å²) in [6.07, 6.45) is 2.73. The smallest absolute Gasteiger partial charge is 0.317 e. The second kappa shape index (κ2) is 6.54. The highest BCUT2D eigenvalue weighted by Crippen LogP contribution is 2.22. The summed E-state index contributed by atoms with van der Waals surface area (Å²) in [4.78, 5) is 14.9. The predicted octanol–water partition coefficient (Wildman–Crippen LogP) is 2.22. The van der Waals surface area contributed by atoms with Crippen LogP contribution in [0.15, 0.2) is 15.9 Å².